The van der Waals surface area contributed by atoms with Gasteiger partial charge in [-0.05, 0) is 54.7 Å². The van der Waals surface area contributed by atoms with Crippen molar-refractivity contribution < 1.29 is 14.3 Å². The van der Waals surface area contributed by atoms with E-state index in [0.717, 1.165) is 24.5 Å². The molecule has 5 heteroatoms. The van der Waals surface area contributed by atoms with Gasteiger partial charge in [-0.1, -0.05) is 12.1 Å². The standard InChI is InChI=1S/C19H17FN2O2/c20-17-8-15(11-21)7-16(10-17)19(24)22-5-4-14(12-22)6-13-2-1-3-18(23)9-13/h1-3,7-10,14,23H,4-6,12H2. The van der Waals surface area contributed by atoms with Crippen LogP contribution in [0.2, 0.25) is 0 Å². The number of likely N-dealkylation sites (tertiary alicyclic amines) is 1. The Hall–Kier alpha value is -2.87. The van der Waals surface area contributed by atoms with Crippen LogP contribution in [0.25, 0.3) is 0 Å². The minimum atomic E-state index is -0.576. The maximum Gasteiger partial charge on any atom is 0.254 e. The van der Waals surface area contributed by atoms with Crippen molar-refractivity contribution in [1.29, 1.82) is 5.26 Å². The van der Waals surface area contributed by atoms with Gasteiger partial charge in [-0.2, -0.15) is 5.26 Å². The summed E-state index contributed by atoms with van der Waals surface area (Å²) in [6.45, 7) is 1.20. The first-order chi connectivity index (χ1) is 11.5. The highest BCUT2D eigenvalue weighted by molar-refractivity contribution is 5.94. The van der Waals surface area contributed by atoms with E-state index in [1.165, 1.54) is 12.1 Å². The zero-order chi connectivity index (χ0) is 17.1. The van der Waals surface area contributed by atoms with Crippen LogP contribution in [0.3, 0.4) is 0 Å². The molecular weight excluding hydrogens is 307 g/mol. The summed E-state index contributed by atoms with van der Waals surface area (Å²) in [6, 6.07) is 12.7. The lowest BCUT2D eigenvalue weighted by atomic mass is 9.98. The molecule has 1 fully saturated rings. The van der Waals surface area contributed by atoms with E-state index in [1.807, 2.05) is 12.1 Å². The second kappa shape index (κ2) is 6.71. The molecule has 4 nitrogen and oxygen atoms in total. The molecule has 0 spiro atoms. The zero-order valence-corrected chi connectivity index (χ0v) is 13.1. The lowest BCUT2D eigenvalue weighted by Gasteiger charge is -2.17. The molecule has 1 unspecified atom stereocenters. The first kappa shape index (κ1) is 16.0. The van der Waals surface area contributed by atoms with Gasteiger partial charge in [-0.15, -0.1) is 0 Å². The van der Waals surface area contributed by atoms with Crippen LogP contribution in [-0.2, 0) is 6.42 Å². The van der Waals surface area contributed by atoms with Gasteiger partial charge < -0.3 is 10.0 Å². The molecule has 1 heterocycles. The summed E-state index contributed by atoms with van der Waals surface area (Å²) in [5, 5.41) is 18.4. The monoisotopic (exact) mass is 324 g/mol. The van der Waals surface area contributed by atoms with Crippen molar-refractivity contribution in [3.05, 3.63) is 65.0 Å². The number of aromatic hydroxyl groups is 1. The van der Waals surface area contributed by atoms with Gasteiger partial charge >= 0.3 is 0 Å². The molecule has 122 valence electrons. The highest BCUT2D eigenvalue weighted by Gasteiger charge is 2.27. The summed E-state index contributed by atoms with van der Waals surface area (Å²) < 4.78 is 13.5. The van der Waals surface area contributed by atoms with Gasteiger partial charge in [-0.25, -0.2) is 4.39 Å². The Morgan fingerprint density at radius 3 is 2.92 bits per heavy atom. The Balaban J connectivity index is 1.68. The number of phenols is 1. The number of amides is 1. The Morgan fingerprint density at radius 2 is 2.17 bits per heavy atom. The van der Waals surface area contributed by atoms with E-state index in [0.29, 0.717) is 19.0 Å². The molecule has 1 N–H and O–H groups in total. The molecule has 0 aromatic heterocycles. The molecule has 0 aliphatic carbocycles. The smallest absolute Gasteiger partial charge is 0.254 e. The van der Waals surface area contributed by atoms with Gasteiger partial charge in [0.2, 0.25) is 0 Å². The minimum absolute atomic E-state index is 0.147. The summed E-state index contributed by atoms with van der Waals surface area (Å²) in [6.07, 6.45) is 1.65. The van der Waals surface area contributed by atoms with Crippen LogP contribution in [0.15, 0.2) is 42.5 Å². The molecule has 0 saturated carbocycles. The molecule has 24 heavy (non-hydrogen) atoms. The summed E-state index contributed by atoms with van der Waals surface area (Å²) in [5.74, 6) is -0.278. The van der Waals surface area contributed by atoms with Crippen LogP contribution in [-0.4, -0.2) is 29.0 Å². The molecule has 3 rings (SSSR count). The zero-order valence-electron chi connectivity index (χ0n) is 13.1. The molecule has 1 aliphatic heterocycles. The third-order valence-electron chi connectivity index (χ3n) is 4.28. The number of rotatable bonds is 3. The molecule has 1 atom stereocenters. The second-order valence-corrected chi connectivity index (χ2v) is 6.12. The summed E-state index contributed by atoms with van der Waals surface area (Å²) in [7, 11) is 0. The van der Waals surface area contributed by atoms with E-state index in [2.05, 4.69) is 0 Å². The number of nitriles is 1. The average molecular weight is 324 g/mol. The van der Waals surface area contributed by atoms with Crippen LogP contribution in [0.4, 0.5) is 4.39 Å². The number of hydrogen-bond acceptors (Lipinski definition) is 3. The lowest BCUT2D eigenvalue weighted by molar-refractivity contribution is 0.0786. The molecule has 2 aromatic carbocycles. The number of nitrogens with zero attached hydrogens (tertiary/aromatic N) is 2. The number of phenolic OH excluding ortho intramolecular Hbond substituents is 1. The molecule has 1 amide bonds. The molecule has 1 aliphatic rings. The van der Waals surface area contributed by atoms with E-state index in [9.17, 15) is 14.3 Å². The molecule has 0 radical (unpaired) electrons. The van der Waals surface area contributed by atoms with E-state index < -0.39 is 5.82 Å². The first-order valence-corrected chi connectivity index (χ1v) is 7.83. The van der Waals surface area contributed by atoms with Crippen LogP contribution in [0.1, 0.15) is 27.9 Å². The van der Waals surface area contributed by atoms with Crippen LogP contribution in [0.5, 0.6) is 5.75 Å². The summed E-state index contributed by atoms with van der Waals surface area (Å²) in [4.78, 5) is 14.2. The van der Waals surface area contributed by atoms with Gasteiger partial charge in [0.15, 0.2) is 0 Å². The predicted molar refractivity (Wildman–Crippen MR) is 86.9 cm³/mol. The third kappa shape index (κ3) is 3.54. The van der Waals surface area contributed by atoms with Gasteiger partial charge in [0.25, 0.3) is 5.91 Å². The van der Waals surface area contributed by atoms with Crippen molar-refractivity contribution in [2.24, 2.45) is 5.92 Å². The molecular formula is C19H17FN2O2. The van der Waals surface area contributed by atoms with Crippen molar-refractivity contribution in [3.8, 4) is 11.8 Å². The van der Waals surface area contributed by atoms with E-state index >= 15 is 0 Å². The lowest BCUT2D eigenvalue weighted by Crippen LogP contribution is -2.29. The van der Waals surface area contributed by atoms with Crippen LogP contribution in [0, 0.1) is 23.1 Å². The van der Waals surface area contributed by atoms with E-state index in [1.54, 1.807) is 23.1 Å². The van der Waals surface area contributed by atoms with Crippen LogP contribution < -0.4 is 0 Å². The SMILES string of the molecule is N#Cc1cc(F)cc(C(=O)N2CCC(Cc3cccc(O)c3)C2)c1. The Labute approximate surface area is 139 Å². The van der Waals surface area contributed by atoms with Crippen molar-refractivity contribution in [1.82, 2.24) is 4.90 Å². The van der Waals surface area contributed by atoms with Crippen molar-refractivity contribution in [2.45, 2.75) is 12.8 Å². The topological polar surface area (TPSA) is 64.3 Å². The number of halogens is 1. The second-order valence-electron chi connectivity index (χ2n) is 6.12. The largest absolute Gasteiger partial charge is 0.508 e. The maximum absolute atomic E-state index is 13.5. The van der Waals surface area contributed by atoms with Crippen molar-refractivity contribution >= 4 is 5.91 Å². The highest BCUT2D eigenvalue weighted by Crippen LogP contribution is 2.24. The van der Waals surface area contributed by atoms with Gasteiger partial charge in [0.1, 0.15) is 11.6 Å². The van der Waals surface area contributed by atoms with Crippen molar-refractivity contribution in [2.75, 3.05) is 13.1 Å². The third-order valence-corrected chi connectivity index (χ3v) is 4.28. The maximum atomic E-state index is 13.5. The molecule has 2 aromatic rings. The fourth-order valence-corrected chi connectivity index (χ4v) is 3.16. The van der Waals surface area contributed by atoms with E-state index in [-0.39, 0.29) is 22.8 Å². The number of carbonyl (C=O) groups excluding carboxylic acids is 1. The number of carbonyl (C=O) groups is 1. The summed E-state index contributed by atoms with van der Waals surface area (Å²) in [5.41, 5.74) is 1.39. The number of hydrogen-bond donors (Lipinski definition) is 1. The van der Waals surface area contributed by atoms with Gasteiger partial charge in [-0.3, -0.25) is 4.79 Å². The number of benzene rings is 2. The minimum Gasteiger partial charge on any atom is -0.508 e. The van der Waals surface area contributed by atoms with E-state index in [4.69, 9.17) is 5.26 Å². The quantitative estimate of drug-likeness (QED) is 0.943. The predicted octanol–water partition coefficient (Wildman–Crippen LogP) is 3.11. The van der Waals surface area contributed by atoms with Gasteiger partial charge in [0, 0.05) is 18.7 Å². The molecule has 1 saturated heterocycles. The fraction of sp³-hybridized carbons (Fsp3) is 0.263. The first-order valence-electron chi connectivity index (χ1n) is 7.83. The van der Waals surface area contributed by atoms with Gasteiger partial charge in [0.05, 0.1) is 11.6 Å². The Morgan fingerprint density at radius 1 is 1.33 bits per heavy atom. The molecule has 0 bridgehead atoms. The fourth-order valence-electron chi connectivity index (χ4n) is 3.16. The summed E-state index contributed by atoms with van der Waals surface area (Å²) >= 11 is 0. The normalized spacial score (nSPS) is 16.8. The Kier molecular flexibility index (Phi) is 4.48. The Bertz CT molecular complexity index is 813. The highest BCUT2D eigenvalue weighted by atomic mass is 19.1. The average Bonchev–Trinajstić information content (AvgIpc) is 3.02. The van der Waals surface area contributed by atoms with Crippen molar-refractivity contribution in [3.63, 3.8) is 0 Å². The van der Waals surface area contributed by atoms with Crippen LogP contribution >= 0.6 is 0 Å².